The van der Waals surface area contributed by atoms with Crippen molar-refractivity contribution in [1.29, 1.82) is 0 Å². The van der Waals surface area contributed by atoms with E-state index in [1.165, 1.54) is 25.8 Å². The molecule has 1 nitrogen and oxygen atoms in total. The summed E-state index contributed by atoms with van der Waals surface area (Å²) >= 11 is 0. The van der Waals surface area contributed by atoms with E-state index >= 15 is 0 Å². The van der Waals surface area contributed by atoms with Crippen LogP contribution in [0.4, 0.5) is 0 Å². The zero-order valence-corrected chi connectivity index (χ0v) is 7.97. The summed E-state index contributed by atoms with van der Waals surface area (Å²) in [6, 6.07) is 0. The average Bonchev–Trinajstić information content (AvgIpc) is 2.50. The lowest BCUT2D eigenvalue weighted by atomic mass is 9.93. The predicted octanol–water partition coefficient (Wildman–Crippen LogP) is 2.04. The van der Waals surface area contributed by atoms with Crippen molar-refractivity contribution in [1.82, 2.24) is 5.32 Å². The Balaban J connectivity index is 2.26. The minimum Gasteiger partial charge on any atom is -0.317 e. The first-order valence-corrected chi connectivity index (χ1v) is 5.02. The average molecular weight is 165 g/mol. The summed E-state index contributed by atoms with van der Waals surface area (Å²) in [5.41, 5.74) is 0. The summed E-state index contributed by atoms with van der Waals surface area (Å²) in [5.74, 6) is 4.44. The predicted molar refractivity (Wildman–Crippen MR) is 52.8 cm³/mol. The molecule has 1 fully saturated rings. The van der Waals surface area contributed by atoms with E-state index in [1.807, 2.05) is 0 Å². The van der Waals surface area contributed by atoms with Gasteiger partial charge in [-0.15, -0.1) is 12.3 Å². The van der Waals surface area contributed by atoms with Crippen LogP contribution < -0.4 is 5.32 Å². The molecule has 1 N–H and O–H groups in total. The van der Waals surface area contributed by atoms with Gasteiger partial charge in [0.05, 0.1) is 0 Å². The number of terminal acetylenes is 1. The normalized spacial score (nSPS) is 28.7. The third-order valence-corrected chi connectivity index (χ3v) is 2.85. The van der Waals surface area contributed by atoms with Crippen molar-refractivity contribution in [2.45, 2.75) is 32.6 Å². The number of rotatable bonds is 4. The van der Waals surface area contributed by atoms with Gasteiger partial charge in [-0.1, -0.05) is 13.3 Å². The van der Waals surface area contributed by atoms with Crippen LogP contribution in [-0.2, 0) is 0 Å². The smallest absolute Gasteiger partial charge is 0.0117 e. The molecule has 0 amide bonds. The Labute approximate surface area is 75.9 Å². The Morgan fingerprint density at radius 2 is 2.17 bits per heavy atom. The van der Waals surface area contributed by atoms with Gasteiger partial charge in [-0.2, -0.15) is 0 Å². The largest absolute Gasteiger partial charge is 0.317 e. The molecule has 0 spiro atoms. The molecule has 1 aliphatic carbocycles. The summed E-state index contributed by atoms with van der Waals surface area (Å²) in [5, 5.41) is 3.41. The topological polar surface area (TPSA) is 12.0 Å². The van der Waals surface area contributed by atoms with Crippen LogP contribution in [0.25, 0.3) is 0 Å². The zero-order valence-electron chi connectivity index (χ0n) is 7.97. The van der Waals surface area contributed by atoms with E-state index < -0.39 is 0 Å². The summed E-state index contributed by atoms with van der Waals surface area (Å²) < 4.78 is 0. The van der Waals surface area contributed by atoms with Gasteiger partial charge in [0.25, 0.3) is 0 Å². The Hall–Kier alpha value is -0.480. The zero-order chi connectivity index (χ0) is 8.81. The molecular weight excluding hydrogens is 146 g/mol. The van der Waals surface area contributed by atoms with Gasteiger partial charge in [0, 0.05) is 6.42 Å². The van der Waals surface area contributed by atoms with Crippen LogP contribution in [0.5, 0.6) is 0 Å². The van der Waals surface area contributed by atoms with Crippen LogP contribution in [0.2, 0.25) is 0 Å². The van der Waals surface area contributed by atoms with Crippen molar-refractivity contribution in [2.24, 2.45) is 11.8 Å². The highest BCUT2D eigenvalue weighted by Crippen LogP contribution is 2.33. The van der Waals surface area contributed by atoms with Crippen LogP contribution in [0, 0.1) is 24.2 Å². The van der Waals surface area contributed by atoms with Crippen molar-refractivity contribution in [3.63, 3.8) is 0 Å². The summed E-state index contributed by atoms with van der Waals surface area (Å²) in [6.45, 7) is 4.41. The first-order chi connectivity index (χ1) is 5.88. The second kappa shape index (κ2) is 5.22. The van der Waals surface area contributed by atoms with Crippen molar-refractivity contribution in [2.75, 3.05) is 13.1 Å². The lowest BCUT2D eigenvalue weighted by Gasteiger charge is -2.17. The van der Waals surface area contributed by atoms with Gasteiger partial charge in [0.1, 0.15) is 0 Å². The molecule has 1 saturated carbocycles. The van der Waals surface area contributed by atoms with Gasteiger partial charge in [-0.25, -0.2) is 0 Å². The molecule has 68 valence electrons. The van der Waals surface area contributed by atoms with Crippen LogP contribution in [0.3, 0.4) is 0 Å². The molecule has 2 atom stereocenters. The second-order valence-electron chi connectivity index (χ2n) is 3.67. The molecule has 1 aliphatic rings. The van der Waals surface area contributed by atoms with Gasteiger partial charge < -0.3 is 5.32 Å². The van der Waals surface area contributed by atoms with Crippen molar-refractivity contribution in [3.05, 3.63) is 0 Å². The third-order valence-electron chi connectivity index (χ3n) is 2.85. The molecule has 0 saturated heterocycles. The highest BCUT2D eigenvalue weighted by atomic mass is 14.8. The molecule has 1 rings (SSSR count). The summed E-state index contributed by atoms with van der Waals surface area (Å²) in [4.78, 5) is 0. The summed E-state index contributed by atoms with van der Waals surface area (Å²) in [7, 11) is 0. The molecule has 0 bridgehead atoms. The van der Waals surface area contributed by atoms with Gasteiger partial charge in [-0.05, 0) is 37.8 Å². The maximum atomic E-state index is 5.33. The van der Waals surface area contributed by atoms with E-state index in [4.69, 9.17) is 6.42 Å². The first kappa shape index (κ1) is 9.61. The minimum atomic E-state index is 0.800. The van der Waals surface area contributed by atoms with Crippen LogP contribution in [0.1, 0.15) is 32.6 Å². The fourth-order valence-corrected chi connectivity index (χ4v) is 2.13. The molecule has 12 heavy (non-hydrogen) atoms. The highest BCUT2D eigenvalue weighted by molar-refractivity contribution is 4.91. The Morgan fingerprint density at radius 3 is 2.83 bits per heavy atom. The second-order valence-corrected chi connectivity index (χ2v) is 3.67. The van der Waals surface area contributed by atoms with Gasteiger partial charge >= 0.3 is 0 Å². The van der Waals surface area contributed by atoms with Crippen molar-refractivity contribution in [3.8, 4) is 12.3 Å². The molecular formula is C11H19N. The Kier molecular flexibility index (Phi) is 4.18. The van der Waals surface area contributed by atoms with Crippen molar-refractivity contribution < 1.29 is 0 Å². The van der Waals surface area contributed by atoms with E-state index in [0.717, 1.165) is 24.8 Å². The fourth-order valence-electron chi connectivity index (χ4n) is 2.13. The molecule has 0 aromatic rings. The van der Waals surface area contributed by atoms with E-state index in [2.05, 4.69) is 18.2 Å². The molecule has 2 unspecified atom stereocenters. The first-order valence-electron chi connectivity index (χ1n) is 5.02. The van der Waals surface area contributed by atoms with Crippen LogP contribution >= 0.6 is 0 Å². The van der Waals surface area contributed by atoms with Crippen molar-refractivity contribution >= 4 is 0 Å². The molecule has 0 aromatic carbocycles. The van der Waals surface area contributed by atoms with E-state index in [-0.39, 0.29) is 0 Å². The molecule has 0 aromatic heterocycles. The molecule has 0 aliphatic heterocycles. The van der Waals surface area contributed by atoms with E-state index in [9.17, 15) is 0 Å². The lowest BCUT2D eigenvalue weighted by molar-refractivity contribution is 0.377. The van der Waals surface area contributed by atoms with E-state index in [0.29, 0.717) is 0 Å². The third kappa shape index (κ3) is 2.53. The van der Waals surface area contributed by atoms with E-state index in [1.54, 1.807) is 0 Å². The molecule has 0 heterocycles. The number of nitrogens with one attached hydrogen (secondary N) is 1. The SMILES string of the molecule is C#CCC1CCCC1CNCC. The Bertz CT molecular complexity index is 157. The molecule has 0 radical (unpaired) electrons. The van der Waals surface area contributed by atoms with Gasteiger partial charge in [0.2, 0.25) is 0 Å². The van der Waals surface area contributed by atoms with Crippen LogP contribution in [0.15, 0.2) is 0 Å². The fraction of sp³-hybridized carbons (Fsp3) is 0.818. The minimum absolute atomic E-state index is 0.800. The number of hydrogen-bond acceptors (Lipinski definition) is 1. The number of hydrogen-bond donors (Lipinski definition) is 1. The van der Waals surface area contributed by atoms with Gasteiger partial charge in [0.15, 0.2) is 0 Å². The van der Waals surface area contributed by atoms with Crippen LogP contribution in [-0.4, -0.2) is 13.1 Å². The van der Waals surface area contributed by atoms with Gasteiger partial charge in [-0.3, -0.25) is 0 Å². The highest BCUT2D eigenvalue weighted by Gasteiger charge is 2.25. The Morgan fingerprint density at radius 1 is 1.42 bits per heavy atom. The standard InChI is InChI=1S/C11H19N/c1-3-6-10-7-5-8-11(10)9-12-4-2/h1,10-12H,4-9H2,2H3. The lowest BCUT2D eigenvalue weighted by Crippen LogP contribution is -2.24. The molecule has 1 heteroatoms. The quantitative estimate of drug-likeness (QED) is 0.629. The summed E-state index contributed by atoms with van der Waals surface area (Å²) in [6.07, 6.45) is 10.4. The monoisotopic (exact) mass is 165 g/mol. The maximum absolute atomic E-state index is 5.33. The maximum Gasteiger partial charge on any atom is 0.0117 e.